The summed E-state index contributed by atoms with van der Waals surface area (Å²) in [5.41, 5.74) is 6.93. The Morgan fingerprint density at radius 1 is 1.57 bits per heavy atom. The lowest BCUT2D eigenvalue weighted by molar-refractivity contribution is 0.0613. The maximum absolute atomic E-state index is 5.78. The summed E-state index contributed by atoms with van der Waals surface area (Å²) in [4.78, 5) is 4.09. The zero-order valence-electron chi connectivity index (χ0n) is 8.57. The van der Waals surface area contributed by atoms with Gasteiger partial charge in [0.2, 0.25) is 0 Å². The Morgan fingerprint density at radius 3 is 2.86 bits per heavy atom. The molecule has 4 heteroatoms. The lowest BCUT2D eigenvalue weighted by atomic mass is 10.0. The molecule has 0 aliphatic carbocycles. The molecular weight excluding hydrogens is 178 g/mol. The van der Waals surface area contributed by atoms with E-state index >= 15 is 0 Å². The van der Waals surface area contributed by atoms with Gasteiger partial charge >= 0.3 is 0 Å². The third-order valence-corrected chi connectivity index (χ3v) is 2.87. The third-order valence-electron chi connectivity index (χ3n) is 2.87. The third kappa shape index (κ3) is 1.90. The normalized spacial score (nSPS) is 18.6. The van der Waals surface area contributed by atoms with Gasteiger partial charge in [0, 0.05) is 25.5 Å². The molecule has 1 aromatic heterocycles. The fraction of sp³-hybridized carbons (Fsp3) is 0.700. The SMILES string of the molecule is Cc1cnc(N)n1CC1CCOCC1. The minimum absolute atomic E-state index is 0.633. The number of nitrogens with zero attached hydrogens (tertiary/aromatic N) is 2. The summed E-state index contributed by atoms with van der Waals surface area (Å²) in [6, 6.07) is 0. The van der Waals surface area contributed by atoms with Crippen LogP contribution in [0.5, 0.6) is 0 Å². The van der Waals surface area contributed by atoms with Crippen LogP contribution in [-0.4, -0.2) is 22.8 Å². The highest BCUT2D eigenvalue weighted by atomic mass is 16.5. The van der Waals surface area contributed by atoms with E-state index in [4.69, 9.17) is 10.5 Å². The molecule has 0 unspecified atom stereocenters. The largest absolute Gasteiger partial charge is 0.381 e. The number of rotatable bonds is 2. The smallest absolute Gasteiger partial charge is 0.200 e. The van der Waals surface area contributed by atoms with Gasteiger partial charge in [-0.1, -0.05) is 0 Å². The van der Waals surface area contributed by atoms with Crippen molar-refractivity contribution in [1.82, 2.24) is 9.55 Å². The van der Waals surface area contributed by atoms with Crippen molar-refractivity contribution in [2.75, 3.05) is 18.9 Å². The molecule has 1 aliphatic rings. The number of aromatic nitrogens is 2. The van der Waals surface area contributed by atoms with Gasteiger partial charge in [0.05, 0.1) is 6.20 Å². The Kier molecular flexibility index (Phi) is 2.72. The van der Waals surface area contributed by atoms with E-state index in [1.54, 1.807) is 0 Å². The Hall–Kier alpha value is -1.03. The van der Waals surface area contributed by atoms with Crippen molar-refractivity contribution in [2.24, 2.45) is 5.92 Å². The van der Waals surface area contributed by atoms with Crippen LogP contribution < -0.4 is 5.73 Å². The molecule has 1 aliphatic heterocycles. The number of hydrogen-bond acceptors (Lipinski definition) is 3. The van der Waals surface area contributed by atoms with Crippen molar-refractivity contribution in [3.63, 3.8) is 0 Å². The maximum Gasteiger partial charge on any atom is 0.200 e. The molecule has 0 bridgehead atoms. The molecule has 1 saturated heterocycles. The minimum Gasteiger partial charge on any atom is -0.381 e. The summed E-state index contributed by atoms with van der Waals surface area (Å²) in [6.45, 7) is 4.81. The second kappa shape index (κ2) is 4.00. The van der Waals surface area contributed by atoms with Crippen molar-refractivity contribution in [3.05, 3.63) is 11.9 Å². The van der Waals surface area contributed by atoms with Crippen LogP contribution in [0.2, 0.25) is 0 Å². The Labute approximate surface area is 84.1 Å². The van der Waals surface area contributed by atoms with Crippen LogP contribution in [0.25, 0.3) is 0 Å². The summed E-state index contributed by atoms with van der Waals surface area (Å²) >= 11 is 0. The van der Waals surface area contributed by atoms with E-state index < -0.39 is 0 Å². The van der Waals surface area contributed by atoms with Crippen LogP contribution in [0.1, 0.15) is 18.5 Å². The van der Waals surface area contributed by atoms with Crippen molar-refractivity contribution >= 4 is 5.95 Å². The summed E-state index contributed by atoms with van der Waals surface area (Å²) in [5, 5.41) is 0. The lowest BCUT2D eigenvalue weighted by Gasteiger charge is -2.23. The van der Waals surface area contributed by atoms with Crippen LogP contribution in [0.4, 0.5) is 5.95 Å². The van der Waals surface area contributed by atoms with Gasteiger partial charge in [0.15, 0.2) is 5.95 Å². The highest BCUT2D eigenvalue weighted by Crippen LogP contribution is 2.19. The standard InChI is InChI=1S/C10H17N3O/c1-8-6-12-10(11)13(8)7-9-2-4-14-5-3-9/h6,9H,2-5,7H2,1H3,(H2,11,12). The predicted octanol–water partition coefficient (Wildman–Crippen LogP) is 1.20. The molecule has 78 valence electrons. The zero-order chi connectivity index (χ0) is 9.97. The molecule has 0 saturated carbocycles. The van der Waals surface area contributed by atoms with Crippen molar-refractivity contribution in [1.29, 1.82) is 0 Å². The molecule has 0 amide bonds. The van der Waals surface area contributed by atoms with Crippen LogP contribution >= 0.6 is 0 Å². The molecule has 0 aromatic carbocycles. The number of imidazole rings is 1. The van der Waals surface area contributed by atoms with Crippen molar-refractivity contribution in [2.45, 2.75) is 26.3 Å². The Bertz CT molecular complexity index is 283. The molecular formula is C10H17N3O. The van der Waals surface area contributed by atoms with Crippen LogP contribution in [0, 0.1) is 12.8 Å². The first-order valence-corrected chi connectivity index (χ1v) is 5.12. The first-order valence-electron chi connectivity index (χ1n) is 5.12. The van der Waals surface area contributed by atoms with E-state index in [0.29, 0.717) is 11.9 Å². The average Bonchev–Trinajstić information content (AvgIpc) is 2.51. The number of hydrogen-bond donors (Lipinski definition) is 1. The van der Waals surface area contributed by atoms with Gasteiger partial charge in [-0.2, -0.15) is 0 Å². The summed E-state index contributed by atoms with van der Waals surface area (Å²) in [6.07, 6.45) is 4.10. The quantitative estimate of drug-likeness (QED) is 0.771. The highest BCUT2D eigenvalue weighted by molar-refractivity contribution is 5.21. The van der Waals surface area contributed by atoms with Gasteiger partial charge in [-0.15, -0.1) is 0 Å². The summed E-state index contributed by atoms with van der Waals surface area (Å²) in [7, 11) is 0. The predicted molar refractivity (Wildman–Crippen MR) is 54.9 cm³/mol. The summed E-state index contributed by atoms with van der Waals surface area (Å²) < 4.78 is 7.42. The van der Waals surface area contributed by atoms with E-state index in [2.05, 4.69) is 9.55 Å². The number of anilines is 1. The first-order chi connectivity index (χ1) is 6.77. The van der Waals surface area contributed by atoms with Crippen molar-refractivity contribution < 1.29 is 4.74 Å². The molecule has 1 aromatic rings. The van der Waals surface area contributed by atoms with Crippen LogP contribution in [0.3, 0.4) is 0 Å². The van der Waals surface area contributed by atoms with Crippen molar-refractivity contribution in [3.8, 4) is 0 Å². The van der Waals surface area contributed by atoms with E-state index in [1.165, 1.54) is 0 Å². The van der Waals surface area contributed by atoms with E-state index in [1.807, 2.05) is 13.1 Å². The second-order valence-electron chi connectivity index (χ2n) is 3.92. The maximum atomic E-state index is 5.78. The van der Waals surface area contributed by atoms with Gasteiger partial charge in [-0.05, 0) is 25.7 Å². The van der Waals surface area contributed by atoms with Gasteiger partial charge in [-0.25, -0.2) is 4.98 Å². The fourth-order valence-electron chi connectivity index (χ4n) is 1.90. The van der Waals surface area contributed by atoms with E-state index in [-0.39, 0.29) is 0 Å². The molecule has 2 heterocycles. The minimum atomic E-state index is 0.633. The molecule has 14 heavy (non-hydrogen) atoms. The molecule has 4 nitrogen and oxygen atoms in total. The Morgan fingerprint density at radius 2 is 2.29 bits per heavy atom. The van der Waals surface area contributed by atoms with E-state index in [0.717, 1.165) is 38.3 Å². The van der Waals surface area contributed by atoms with Gasteiger partial charge in [0.1, 0.15) is 0 Å². The van der Waals surface area contributed by atoms with Crippen LogP contribution in [-0.2, 0) is 11.3 Å². The van der Waals surface area contributed by atoms with Gasteiger partial charge in [-0.3, -0.25) is 0 Å². The number of nitrogen functional groups attached to an aromatic ring is 1. The molecule has 1 fully saturated rings. The van der Waals surface area contributed by atoms with Gasteiger partial charge < -0.3 is 15.0 Å². The summed E-state index contributed by atoms with van der Waals surface area (Å²) in [5.74, 6) is 1.33. The topological polar surface area (TPSA) is 53.1 Å². The average molecular weight is 195 g/mol. The highest BCUT2D eigenvalue weighted by Gasteiger charge is 2.16. The van der Waals surface area contributed by atoms with Gasteiger partial charge in [0.25, 0.3) is 0 Å². The zero-order valence-corrected chi connectivity index (χ0v) is 8.57. The Balaban J connectivity index is 2.02. The molecule has 0 atom stereocenters. The second-order valence-corrected chi connectivity index (χ2v) is 3.92. The van der Waals surface area contributed by atoms with Crippen LogP contribution in [0.15, 0.2) is 6.20 Å². The fourth-order valence-corrected chi connectivity index (χ4v) is 1.90. The van der Waals surface area contributed by atoms with E-state index in [9.17, 15) is 0 Å². The molecule has 0 spiro atoms. The number of ether oxygens (including phenoxy) is 1. The monoisotopic (exact) mass is 195 g/mol. The molecule has 0 radical (unpaired) electrons. The number of aryl methyl sites for hydroxylation is 1. The molecule has 2 N–H and O–H groups in total. The first kappa shape index (κ1) is 9.52. The molecule has 2 rings (SSSR count). The number of nitrogens with two attached hydrogens (primary N) is 1. The lowest BCUT2D eigenvalue weighted by Crippen LogP contribution is -2.21.